The Morgan fingerprint density at radius 3 is 3.14 bits per heavy atom. The summed E-state index contributed by atoms with van der Waals surface area (Å²) in [7, 11) is 1.33. The van der Waals surface area contributed by atoms with Gasteiger partial charge in [-0.25, -0.2) is 9.78 Å². The monoisotopic (exact) mass is 255 g/mol. The van der Waals surface area contributed by atoms with Gasteiger partial charge in [-0.15, -0.1) is 0 Å². The number of H-pyrrole nitrogens is 1. The van der Waals surface area contributed by atoms with Crippen molar-refractivity contribution in [2.75, 3.05) is 7.11 Å². The van der Waals surface area contributed by atoms with Crippen LogP contribution in [0.1, 0.15) is 10.4 Å². The van der Waals surface area contributed by atoms with Crippen LogP contribution < -0.4 is 0 Å². The summed E-state index contributed by atoms with van der Waals surface area (Å²) in [6, 6.07) is 1.67. The minimum absolute atomic E-state index is 0.405. The second-order valence-corrected chi connectivity index (χ2v) is 3.38. The third-order valence-corrected chi connectivity index (χ3v) is 2.40. The molecule has 0 bridgehead atoms. The molecule has 0 aliphatic rings. The second-order valence-electron chi connectivity index (χ2n) is 2.63. The summed E-state index contributed by atoms with van der Waals surface area (Å²) in [6.45, 7) is 0. The molecule has 0 saturated carbocycles. The van der Waals surface area contributed by atoms with Crippen LogP contribution in [0.2, 0.25) is 0 Å². The summed E-state index contributed by atoms with van der Waals surface area (Å²) < 4.78 is 5.21. The van der Waals surface area contributed by atoms with Crippen LogP contribution in [0.3, 0.4) is 0 Å². The van der Waals surface area contributed by atoms with Gasteiger partial charge < -0.3 is 4.74 Å². The summed E-state index contributed by atoms with van der Waals surface area (Å²) in [4.78, 5) is 15.2. The molecule has 0 fully saturated rings. The molecule has 6 heteroatoms. The lowest BCUT2D eigenvalue weighted by molar-refractivity contribution is 0.0600. The highest BCUT2D eigenvalue weighted by Gasteiger charge is 2.10. The van der Waals surface area contributed by atoms with Gasteiger partial charge in [0.1, 0.15) is 4.60 Å². The van der Waals surface area contributed by atoms with Gasteiger partial charge in [0.05, 0.1) is 18.1 Å². The van der Waals surface area contributed by atoms with E-state index in [9.17, 15) is 4.79 Å². The van der Waals surface area contributed by atoms with Crippen molar-refractivity contribution in [2.24, 2.45) is 0 Å². The van der Waals surface area contributed by atoms with Gasteiger partial charge >= 0.3 is 5.97 Å². The van der Waals surface area contributed by atoms with Crippen molar-refractivity contribution in [1.82, 2.24) is 15.2 Å². The molecule has 0 spiro atoms. The van der Waals surface area contributed by atoms with E-state index in [0.29, 0.717) is 15.8 Å². The van der Waals surface area contributed by atoms with Crippen LogP contribution in [0.15, 0.2) is 16.9 Å². The fourth-order valence-electron chi connectivity index (χ4n) is 1.10. The number of hydrogen-bond acceptors (Lipinski definition) is 4. The van der Waals surface area contributed by atoms with Crippen molar-refractivity contribution in [2.45, 2.75) is 0 Å². The zero-order valence-corrected chi connectivity index (χ0v) is 8.83. The number of methoxy groups -OCH3 is 1. The number of rotatable bonds is 1. The highest BCUT2D eigenvalue weighted by atomic mass is 79.9. The van der Waals surface area contributed by atoms with E-state index < -0.39 is 5.97 Å². The van der Waals surface area contributed by atoms with Crippen molar-refractivity contribution in [3.63, 3.8) is 0 Å². The Kier molecular flexibility index (Phi) is 2.20. The average Bonchev–Trinajstić information content (AvgIpc) is 2.59. The lowest BCUT2D eigenvalue weighted by Gasteiger charge is -1.97. The van der Waals surface area contributed by atoms with Gasteiger partial charge in [-0.05, 0) is 22.0 Å². The maximum absolute atomic E-state index is 11.2. The van der Waals surface area contributed by atoms with E-state index in [0.717, 1.165) is 5.39 Å². The smallest absolute Gasteiger partial charge is 0.339 e. The zero-order chi connectivity index (χ0) is 10.1. The molecule has 0 atom stereocenters. The van der Waals surface area contributed by atoms with Gasteiger partial charge in [0, 0.05) is 6.20 Å². The number of aromatic nitrogens is 3. The second kappa shape index (κ2) is 3.38. The van der Waals surface area contributed by atoms with Crippen molar-refractivity contribution in [3.8, 4) is 0 Å². The first kappa shape index (κ1) is 9.14. The van der Waals surface area contributed by atoms with Crippen LogP contribution in [0.25, 0.3) is 11.0 Å². The zero-order valence-electron chi connectivity index (χ0n) is 7.24. The van der Waals surface area contributed by atoms with E-state index in [2.05, 4.69) is 35.8 Å². The van der Waals surface area contributed by atoms with Gasteiger partial charge in [-0.3, -0.25) is 5.10 Å². The quantitative estimate of drug-likeness (QED) is 0.785. The molecule has 2 aromatic heterocycles. The van der Waals surface area contributed by atoms with Gasteiger partial charge in [-0.2, -0.15) is 5.10 Å². The third-order valence-electron chi connectivity index (χ3n) is 1.79. The molecule has 72 valence electrons. The molecule has 1 N–H and O–H groups in total. The van der Waals surface area contributed by atoms with Gasteiger partial charge in [0.25, 0.3) is 0 Å². The number of pyridine rings is 1. The summed E-state index contributed by atoms with van der Waals surface area (Å²) >= 11 is 3.24. The number of halogens is 1. The van der Waals surface area contributed by atoms with Gasteiger partial charge in [0.15, 0.2) is 5.65 Å². The van der Waals surface area contributed by atoms with Gasteiger partial charge in [-0.1, -0.05) is 0 Å². The first-order chi connectivity index (χ1) is 6.72. The molecule has 14 heavy (non-hydrogen) atoms. The van der Waals surface area contributed by atoms with E-state index in [-0.39, 0.29) is 0 Å². The number of carbonyl (C=O) groups excluding carboxylic acids is 1. The fraction of sp³-hybridized carbons (Fsp3) is 0.125. The Hall–Kier alpha value is -1.43. The molecule has 0 aromatic carbocycles. The van der Waals surface area contributed by atoms with E-state index in [1.54, 1.807) is 6.07 Å². The molecular weight excluding hydrogens is 250 g/mol. The highest BCUT2D eigenvalue weighted by Crippen LogP contribution is 2.20. The molecular formula is C8H6BrN3O2. The number of fused-ring (bicyclic) bond motifs is 1. The van der Waals surface area contributed by atoms with Crippen molar-refractivity contribution in [1.29, 1.82) is 0 Å². The number of hydrogen-bond donors (Lipinski definition) is 1. The largest absolute Gasteiger partial charge is 0.465 e. The first-order valence-corrected chi connectivity index (χ1v) is 4.59. The Labute approximate surface area is 87.6 Å². The topological polar surface area (TPSA) is 67.9 Å². The summed E-state index contributed by atoms with van der Waals surface area (Å²) in [5, 5.41) is 7.37. The third kappa shape index (κ3) is 1.37. The maximum Gasteiger partial charge on any atom is 0.339 e. The van der Waals surface area contributed by atoms with Crippen molar-refractivity contribution in [3.05, 3.63) is 22.4 Å². The van der Waals surface area contributed by atoms with E-state index in [1.165, 1.54) is 13.3 Å². The first-order valence-electron chi connectivity index (χ1n) is 3.80. The standard InChI is InChI=1S/C8H6BrN3O2/c1-14-8(13)4-2-5-6(9)11-12-7(5)10-3-4/h2-3H,1H3,(H,10,11,12). The molecule has 2 rings (SSSR count). The van der Waals surface area contributed by atoms with E-state index >= 15 is 0 Å². The minimum Gasteiger partial charge on any atom is -0.465 e. The van der Waals surface area contributed by atoms with Crippen LogP contribution in [-0.2, 0) is 4.74 Å². The summed E-state index contributed by atoms with van der Waals surface area (Å²) in [6.07, 6.45) is 1.44. The molecule has 0 radical (unpaired) electrons. The predicted octanol–water partition coefficient (Wildman–Crippen LogP) is 1.51. The molecule has 0 unspecified atom stereocenters. The molecule has 5 nitrogen and oxygen atoms in total. The normalized spacial score (nSPS) is 10.4. The van der Waals surface area contributed by atoms with Crippen LogP contribution in [-0.4, -0.2) is 28.3 Å². The van der Waals surface area contributed by atoms with Crippen LogP contribution in [0, 0.1) is 0 Å². The molecule has 0 aliphatic heterocycles. The number of ether oxygens (including phenoxy) is 1. The predicted molar refractivity (Wildman–Crippen MR) is 52.9 cm³/mol. The number of nitrogens with zero attached hydrogens (tertiary/aromatic N) is 2. The van der Waals surface area contributed by atoms with Gasteiger partial charge in [0.2, 0.25) is 0 Å². The molecule has 2 heterocycles. The molecule has 2 aromatic rings. The highest BCUT2D eigenvalue weighted by molar-refractivity contribution is 9.10. The summed E-state index contributed by atoms with van der Waals surface area (Å²) in [5.74, 6) is -0.410. The molecule has 0 aliphatic carbocycles. The van der Waals surface area contributed by atoms with Crippen molar-refractivity contribution >= 4 is 32.9 Å². The van der Waals surface area contributed by atoms with E-state index in [4.69, 9.17) is 0 Å². The number of nitrogens with one attached hydrogen (secondary N) is 1. The lowest BCUT2D eigenvalue weighted by Crippen LogP contribution is -2.01. The Morgan fingerprint density at radius 2 is 2.43 bits per heavy atom. The maximum atomic E-state index is 11.2. The molecule has 0 amide bonds. The molecule has 0 saturated heterocycles. The number of aromatic amines is 1. The van der Waals surface area contributed by atoms with E-state index in [1.807, 2.05) is 0 Å². The number of esters is 1. The van der Waals surface area contributed by atoms with Crippen LogP contribution in [0.4, 0.5) is 0 Å². The Morgan fingerprint density at radius 1 is 1.64 bits per heavy atom. The Balaban J connectivity index is 2.60. The fourth-order valence-corrected chi connectivity index (χ4v) is 1.49. The lowest BCUT2D eigenvalue weighted by atomic mass is 10.2. The number of carbonyl (C=O) groups is 1. The van der Waals surface area contributed by atoms with Crippen LogP contribution >= 0.6 is 15.9 Å². The van der Waals surface area contributed by atoms with Crippen LogP contribution in [0.5, 0.6) is 0 Å². The average molecular weight is 256 g/mol. The SMILES string of the molecule is COC(=O)c1cnc2[nH]nc(Br)c2c1. The minimum atomic E-state index is -0.410. The Bertz CT molecular complexity index is 494. The van der Waals surface area contributed by atoms with Crippen molar-refractivity contribution < 1.29 is 9.53 Å². The summed E-state index contributed by atoms with van der Waals surface area (Å²) in [5.41, 5.74) is 1.03.